The zero-order valence-electron chi connectivity index (χ0n) is 23.1. The summed E-state index contributed by atoms with van der Waals surface area (Å²) in [5.41, 5.74) is 6.90. The van der Waals surface area contributed by atoms with E-state index in [2.05, 4.69) is 9.97 Å². The van der Waals surface area contributed by atoms with Crippen LogP contribution in [0.15, 0.2) is 70.6 Å². The molecule has 0 aliphatic rings. The number of imidazole rings is 1. The van der Waals surface area contributed by atoms with Crippen LogP contribution < -0.4 is 11.4 Å². The van der Waals surface area contributed by atoms with Crippen molar-refractivity contribution >= 4 is 38.7 Å². The summed E-state index contributed by atoms with van der Waals surface area (Å²) in [5.74, 6) is -0.903. The van der Waals surface area contributed by atoms with E-state index in [0.717, 1.165) is 20.6 Å². The van der Waals surface area contributed by atoms with Crippen molar-refractivity contribution in [1.82, 2.24) is 24.0 Å². The summed E-state index contributed by atoms with van der Waals surface area (Å²) in [6, 6.07) is 16.3. The van der Waals surface area contributed by atoms with Crippen molar-refractivity contribution in [2.24, 2.45) is 0 Å². The zero-order chi connectivity index (χ0) is 29.7. The molecule has 0 saturated carbocycles. The highest BCUT2D eigenvalue weighted by Crippen LogP contribution is 2.23. The molecule has 1 amide bonds. The second-order valence-corrected chi connectivity index (χ2v) is 11.6. The molecule has 0 radical (unpaired) electrons. The van der Waals surface area contributed by atoms with Crippen LogP contribution in [0.1, 0.15) is 31.4 Å². The minimum atomic E-state index is -3.40. The van der Waals surface area contributed by atoms with Gasteiger partial charge in [0.1, 0.15) is 21.3 Å². The molecule has 2 aromatic heterocycles. The summed E-state index contributed by atoms with van der Waals surface area (Å²) in [6.07, 6.45) is 0.592. The van der Waals surface area contributed by atoms with Crippen LogP contribution in [0.5, 0.6) is 0 Å². The van der Waals surface area contributed by atoms with Crippen molar-refractivity contribution in [1.29, 1.82) is 4.78 Å². The number of ether oxygens (including phenoxy) is 1. The first kappa shape index (κ1) is 29.5. The third-order valence-corrected chi connectivity index (χ3v) is 8.29. The lowest BCUT2D eigenvalue weighted by atomic mass is 10.1. The highest BCUT2D eigenvalue weighted by Gasteiger charge is 2.33. The summed E-state index contributed by atoms with van der Waals surface area (Å²) in [7, 11) is -2.00. The first-order chi connectivity index (χ1) is 19.6. The van der Waals surface area contributed by atoms with Crippen LogP contribution in [0.4, 0.5) is 10.6 Å². The van der Waals surface area contributed by atoms with Crippen molar-refractivity contribution in [3.05, 3.63) is 82.3 Å². The average Bonchev–Trinajstić information content (AvgIpc) is 3.23. The highest BCUT2D eigenvalue weighted by molar-refractivity contribution is 7.92. The number of carbonyl (C=O) groups is 2. The molecule has 3 N–H and O–H groups in total. The molecule has 13 heteroatoms. The summed E-state index contributed by atoms with van der Waals surface area (Å²) >= 11 is 0. The maximum Gasteiger partial charge on any atom is 0.339 e. The van der Waals surface area contributed by atoms with Crippen LogP contribution in [0.25, 0.3) is 11.2 Å². The van der Waals surface area contributed by atoms with Crippen molar-refractivity contribution < 1.29 is 18.5 Å². The molecule has 2 aromatic carbocycles. The fraction of sp³-hybridized carbons (Fsp3) is 0.321. The normalized spacial score (nSPS) is 13.4. The monoisotopic (exact) mass is 579 g/mol. The number of fused-ring (bicyclic) bond motifs is 1. The van der Waals surface area contributed by atoms with Crippen molar-refractivity contribution in [3.8, 4) is 0 Å². The molecule has 2 heterocycles. The third kappa shape index (κ3) is 6.14. The Morgan fingerprint density at radius 1 is 1.05 bits per heavy atom. The van der Waals surface area contributed by atoms with E-state index in [9.17, 15) is 18.6 Å². The second-order valence-electron chi connectivity index (χ2n) is 9.48. The Bertz CT molecular complexity index is 1720. The van der Waals surface area contributed by atoms with Gasteiger partial charge in [0.05, 0.1) is 13.2 Å². The van der Waals surface area contributed by atoms with Gasteiger partial charge in [0.2, 0.25) is 5.16 Å². The lowest BCUT2D eigenvalue weighted by Gasteiger charge is -2.26. The number of esters is 1. The minimum Gasteiger partial charge on any atom is -0.464 e. The molecule has 0 saturated heterocycles. The van der Waals surface area contributed by atoms with Crippen LogP contribution in [-0.4, -0.2) is 65.7 Å². The van der Waals surface area contributed by atoms with Gasteiger partial charge in [-0.3, -0.25) is 4.57 Å². The van der Waals surface area contributed by atoms with Gasteiger partial charge in [-0.1, -0.05) is 67.6 Å². The molecule has 1 unspecified atom stereocenters. The van der Waals surface area contributed by atoms with E-state index in [1.165, 1.54) is 11.6 Å². The predicted octanol–water partition coefficient (Wildman–Crippen LogP) is 3.11. The number of rotatable bonds is 10. The molecule has 12 nitrogen and oxygen atoms in total. The SMILES string of the molecule is CCCS(=N)(=O)c1nc(N)c2c(n1)n(Cc1ccccc1)c(=O)n2C(=O)N(C)[C@@H](Cc1ccccc1)C(=O)OCC. The van der Waals surface area contributed by atoms with E-state index >= 15 is 0 Å². The summed E-state index contributed by atoms with van der Waals surface area (Å²) < 4.78 is 28.7. The molecule has 0 fully saturated rings. The molecule has 2 atom stereocenters. The molecule has 41 heavy (non-hydrogen) atoms. The fourth-order valence-corrected chi connectivity index (χ4v) is 5.74. The van der Waals surface area contributed by atoms with Gasteiger partial charge in [-0.05, 0) is 24.5 Å². The number of nitrogens with two attached hydrogens (primary N) is 1. The number of nitrogen functional groups attached to an aromatic ring is 1. The number of anilines is 1. The van der Waals surface area contributed by atoms with Gasteiger partial charge in [0.15, 0.2) is 11.5 Å². The molecule has 4 rings (SSSR count). The molecule has 4 aromatic rings. The van der Waals surface area contributed by atoms with Crippen LogP contribution in [-0.2, 0) is 32.2 Å². The largest absolute Gasteiger partial charge is 0.464 e. The smallest absolute Gasteiger partial charge is 0.339 e. The first-order valence-corrected chi connectivity index (χ1v) is 14.9. The Morgan fingerprint density at radius 3 is 2.24 bits per heavy atom. The third-order valence-electron chi connectivity index (χ3n) is 6.53. The number of nitrogens with zero attached hydrogens (tertiary/aromatic N) is 5. The van der Waals surface area contributed by atoms with Gasteiger partial charge >= 0.3 is 17.7 Å². The topological polar surface area (TPSA) is 166 Å². The van der Waals surface area contributed by atoms with Crippen molar-refractivity contribution in [3.63, 3.8) is 0 Å². The lowest BCUT2D eigenvalue weighted by molar-refractivity contribution is -0.148. The summed E-state index contributed by atoms with van der Waals surface area (Å²) in [4.78, 5) is 50.4. The van der Waals surface area contributed by atoms with Crippen molar-refractivity contribution in [2.75, 3.05) is 25.1 Å². The number of benzene rings is 2. The van der Waals surface area contributed by atoms with Crippen LogP contribution in [0.2, 0.25) is 0 Å². The van der Waals surface area contributed by atoms with Crippen LogP contribution >= 0.6 is 0 Å². The van der Waals surface area contributed by atoms with E-state index in [4.69, 9.17) is 15.3 Å². The van der Waals surface area contributed by atoms with Crippen molar-refractivity contribution in [2.45, 2.75) is 44.4 Å². The van der Waals surface area contributed by atoms with Gasteiger partial charge in [0, 0.05) is 19.2 Å². The maximum absolute atomic E-state index is 14.0. The summed E-state index contributed by atoms with van der Waals surface area (Å²) in [5, 5.41) is -0.308. The average molecular weight is 580 g/mol. The van der Waals surface area contributed by atoms with E-state index in [1.807, 2.05) is 36.4 Å². The Morgan fingerprint density at radius 2 is 1.66 bits per heavy atom. The number of nitrogens with one attached hydrogen (secondary N) is 1. The molecular weight excluding hydrogens is 546 g/mol. The Kier molecular flexibility index (Phi) is 8.86. The Labute approximate surface area is 237 Å². The number of hydrogen-bond acceptors (Lipinski definition) is 9. The van der Waals surface area contributed by atoms with Crippen LogP contribution in [0, 0.1) is 4.78 Å². The maximum atomic E-state index is 14.0. The molecular formula is C28H33N7O5S. The molecule has 0 spiro atoms. The number of likely N-dealkylation sites (N-methyl/N-ethyl adjacent to an activating group) is 1. The van der Waals surface area contributed by atoms with Gasteiger partial charge < -0.3 is 15.4 Å². The molecule has 216 valence electrons. The zero-order valence-corrected chi connectivity index (χ0v) is 24.0. The first-order valence-electron chi connectivity index (χ1n) is 13.2. The predicted molar refractivity (Wildman–Crippen MR) is 155 cm³/mol. The minimum absolute atomic E-state index is 0.00392. The molecule has 0 bridgehead atoms. The van der Waals surface area contributed by atoms with E-state index in [0.29, 0.717) is 6.42 Å². The van der Waals surface area contributed by atoms with Crippen LogP contribution in [0.3, 0.4) is 0 Å². The Hall–Kier alpha value is -4.52. The lowest BCUT2D eigenvalue weighted by Crippen LogP contribution is -2.48. The quantitative estimate of drug-likeness (QED) is 0.214. The van der Waals surface area contributed by atoms with Gasteiger partial charge in [0.25, 0.3) is 0 Å². The Balaban J connectivity index is 1.89. The summed E-state index contributed by atoms with van der Waals surface area (Å²) in [6.45, 7) is 3.58. The van der Waals surface area contributed by atoms with E-state index in [-0.39, 0.29) is 47.5 Å². The molecule has 0 aliphatic carbocycles. The molecule has 0 aliphatic heterocycles. The number of hydrogen-bond donors (Lipinski definition) is 2. The number of aromatic nitrogens is 4. The van der Waals surface area contributed by atoms with Gasteiger partial charge in [-0.15, -0.1) is 0 Å². The van der Waals surface area contributed by atoms with E-state index < -0.39 is 33.5 Å². The van der Waals surface area contributed by atoms with Gasteiger partial charge in [-0.25, -0.2) is 32.9 Å². The highest BCUT2D eigenvalue weighted by atomic mass is 32.2. The standard InChI is InChI=1S/C28H33N7O5S/c1-4-16-41(30,39)26-31-23(29)22-24(32-26)34(18-20-14-10-7-11-15-20)28(38)35(22)27(37)33(3)21(25(36)40-5-2)17-19-12-8-6-9-13-19/h6-15,21,30H,4-5,16-18H2,1-3H3,(H2,29,31,32)/t21-,41?/m0/s1. The number of amides is 1. The fourth-order valence-electron chi connectivity index (χ4n) is 4.51. The number of carbonyl (C=O) groups excluding carboxylic acids is 2. The van der Waals surface area contributed by atoms with E-state index in [1.54, 1.807) is 38.1 Å². The van der Waals surface area contributed by atoms with Gasteiger partial charge in [-0.2, -0.15) is 4.98 Å². The second kappa shape index (κ2) is 12.3.